The van der Waals surface area contributed by atoms with Crippen LogP contribution in [-0.2, 0) is 11.2 Å². The minimum Gasteiger partial charge on any atom is -0.493 e. The molecule has 0 aromatic heterocycles. The molecule has 4 nitrogen and oxygen atoms in total. The van der Waals surface area contributed by atoms with Gasteiger partial charge in [-0.1, -0.05) is 25.1 Å². The maximum absolute atomic E-state index is 12.2. The highest BCUT2D eigenvalue weighted by molar-refractivity contribution is 5.81. The van der Waals surface area contributed by atoms with E-state index in [0.29, 0.717) is 13.0 Å². The smallest absolute Gasteiger partial charge is 0.239 e. The topological polar surface area (TPSA) is 53.3 Å². The van der Waals surface area contributed by atoms with E-state index < -0.39 is 5.92 Å². The molecule has 0 spiro atoms. The van der Waals surface area contributed by atoms with Crippen molar-refractivity contribution in [2.24, 2.45) is 5.92 Å². The van der Waals surface area contributed by atoms with E-state index in [-0.39, 0.29) is 5.91 Å². The first-order valence-electron chi connectivity index (χ1n) is 8.15. The zero-order valence-corrected chi connectivity index (χ0v) is 13.3. The lowest BCUT2D eigenvalue weighted by atomic mass is 10.0. The lowest BCUT2D eigenvalue weighted by molar-refractivity contribution is -0.132. The largest absolute Gasteiger partial charge is 0.493 e. The summed E-state index contributed by atoms with van der Waals surface area (Å²) in [6.07, 6.45) is 4.34. The van der Waals surface area contributed by atoms with Gasteiger partial charge in [-0.2, -0.15) is 5.26 Å². The summed E-state index contributed by atoms with van der Waals surface area (Å²) in [6, 6.07) is 10.1. The second kappa shape index (κ2) is 8.43. The second-order valence-electron chi connectivity index (χ2n) is 5.67. The van der Waals surface area contributed by atoms with Gasteiger partial charge in [0.05, 0.1) is 12.7 Å². The number of aryl methyl sites for hydroxylation is 1. The summed E-state index contributed by atoms with van der Waals surface area (Å²) in [4.78, 5) is 14.0. The molecular formula is C18H24N2O2. The van der Waals surface area contributed by atoms with Crippen molar-refractivity contribution in [1.29, 1.82) is 5.26 Å². The zero-order valence-electron chi connectivity index (χ0n) is 13.3. The fourth-order valence-corrected chi connectivity index (χ4v) is 2.81. The monoisotopic (exact) mass is 300 g/mol. The maximum Gasteiger partial charge on any atom is 0.239 e. The van der Waals surface area contributed by atoms with Gasteiger partial charge in [-0.05, 0) is 43.7 Å². The fraction of sp³-hybridized carbons (Fsp3) is 0.556. The number of carbonyl (C=O) groups is 1. The molecule has 0 bridgehead atoms. The molecule has 1 aliphatic heterocycles. The standard InChI is InChI=1S/C18H24N2O2/c1-2-15-8-3-4-10-17(15)22-13-7-9-16(14-19)18(21)20-11-5-6-12-20/h3-4,8,10,16H,2,5-7,9,11-13H2,1H3. The zero-order chi connectivity index (χ0) is 15.8. The number of benzene rings is 1. The van der Waals surface area contributed by atoms with Gasteiger partial charge < -0.3 is 9.64 Å². The molecule has 1 unspecified atom stereocenters. The van der Waals surface area contributed by atoms with E-state index in [1.54, 1.807) is 0 Å². The molecule has 22 heavy (non-hydrogen) atoms. The maximum atomic E-state index is 12.2. The van der Waals surface area contributed by atoms with Crippen LogP contribution in [-0.4, -0.2) is 30.5 Å². The number of hydrogen-bond acceptors (Lipinski definition) is 3. The average Bonchev–Trinajstić information content (AvgIpc) is 3.09. The number of likely N-dealkylation sites (tertiary alicyclic amines) is 1. The minimum atomic E-state index is -0.525. The van der Waals surface area contributed by atoms with Crippen LogP contribution in [0, 0.1) is 17.2 Å². The molecule has 1 aliphatic rings. The van der Waals surface area contributed by atoms with Crippen molar-refractivity contribution in [1.82, 2.24) is 4.90 Å². The van der Waals surface area contributed by atoms with E-state index >= 15 is 0 Å². The van der Waals surface area contributed by atoms with Crippen molar-refractivity contribution < 1.29 is 9.53 Å². The summed E-state index contributed by atoms with van der Waals surface area (Å²) >= 11 is 0. The van der Waals surface area contributed by atoms with Crippen LogP contribution in [0.5, 0.6) is 5.75 Å². The Bertz CT molecular complexity index is 530. The minimum absolute atomic E-state index is 0.00559. The van der Waals surface area contributed by atoms with Crippen molar-refractivity contribution in [3.05, 3.63) is 29.8 Å². The van der Waals surface area contributed by atoms with Gasteiger partial charge in [0.2, 0.25) is 5.91 Å². The van der Waals surface area contributed by atoms with Crippen LogP contribution in [0.3, 0.4) is 0 Å². The Morgan fingerprint density at radius 2 is 2.09 bits per heavy atom. The molecule has 1 atom stereocenters. The number of carbonyl (C=O) groups excluding carboxylic acids is 1. The quantitative estimate of drug-likeness (QED) is 0.727. The van der Waals surface area contributed by atoms with Gasteiger partial charge in [-0.25, -0.2) is 0 Å². The summed E-state index contributed by atoms with van der Waals surface area (Å²) in [5.74, 6) is 0.376. The van der Waals surface area contributed by atoms with Gasteiger partial charge in [-0.15, -0.1) is 0 Å². The first-order chi connectivity index (χ1) is 10.8. The van der Waals surface area contributed by atoms with Crippen molar-refractivity contribution in [2.75, 3.05) is 19.7 Å². The van der Waals surface area contributed by atoms with Crippen molar-refractivity contribution in [3.8, 4) is 11.8 Å². The third-order valence-electron chi connectivity index (χ3n) is 4.12. The number of para-hydroxylation sites is 1. The number of ether oxygens (including phenoxy) is 1. The van der Waals surface area contributed by atoms with Gasteiger partial charge >= 0.3 is 0 Å². The lowest BCUT2D eigenvalue weighted by Crippen LogP contribution is -2.33. The van der Waals surface area contributed by atoms with E-state index in [4.69, 9.17) is 4.74 Å². The van der Waals surface area contributed by atoms with Gasteiger partial charge in [-0.3, -0.25) is 4.79 Å². The van der Waals surface area contributed by atoms with Gasteiger partial charge in [0, 0.05) is 13.1 Å². The van der Waals surface area contributed by atoms with Gasteiger partial charge in [0.25, 0.3) is 0 Å². The normalized spacial score (nSPS) is 15.4. The first kappa shape index (κ1) is 16.4. The highest BCUT2D eigenvalue weighted by Gasteiger charge is 2.25. The number of nitriles is 1. The Balaban J connectivity index is 1.77. The Hall–Kier alpha value is -2.02. The molecule has 1 aromatic carbocycles. The lowest BCUT2D eigenvalue weighted by Gasteiger charge is -2.18. The predicted octanol–water partition coefficient (Wildman–Crippen LogP) is 3.17. The molecule has 4 heteroatoms. The van der Waals surface area contributed by atoms with E-state index in [0.717, 1.165) is 44.5 Å². The Kier molecular flexibility index (Phi) is 6.27. The molecule has 0 aliphatic carbocycles. The fourth-order valence-electron chi connectivity index (χ4n) is 2.81. The number of rotatable bonds is 7. The molecule has 1 aromatic rings. The highest BCUT2D eigenvalue weighted by Crippen LogP contribution is 2.20. The highest BCUT2D eigenvalue weighted by atomic mass is 16.5. The molecule has 1 heterocycles. The van der Waals surface area contributed by atoms with Crippen LogP contribution in [0.25, 0.3) is 0 Å². The van der Waals surface area contributed by atoms with Crippen molar-refractivity contribution in [3.63, 3.8) is 0 Å². The first-order valence-corrected chi connectivity index (χ1v) is 8.15. The van der Waals surface area contributed by atoms with E-state index in [2.05, 4.69) is 19.1 Å². The molecule has 0 N–H and O–H groups in total. The third kappa shape index (κ3) is 4.24. The summed E-state index contributed by atoms with van der Waals surface area (Å²) in [5, 5.41) is 9.22. The average molecular weight is 300 g/mol. The molecule has 2 rings (SSSR count). The number of hydrogen-bond donors (Lipinski definition) is 0. The molecule has 0 saturated carbocycles. The number of nitrogens with zero attached hydrogens (tertiary/aromatic N) is 2. The number of amides is 1. The molecular weight excluding hydrogens is 276 g/mol. The van der Waals surface area contributed by atoms with E-state index in [9.17, 15) is 10.1 Å². The van der Waals surface area contributed by atoms with Gasteiger partial charge in [0.15, 0.2) is 0 Å². The predicted molar refractivity (Wildman–Crippen MR) is 85.5 cm³/mol. The summed E-state index contributed by atoms with van der Waals surface area (Å²) < 4.78 is 5.79. The van der Waals surface area contributed by atoms with Crippen molar-refractivity contribution >= 4 is 5.91 Å². The summed E-state index contributed by atoms with van der Waals surface area (Å²) in [5.41, 5.74) is 1.19. The molecule has 1 saturated heterocycles. The second-order valence-corrected chi connectivity index (χ2v) is 5.67. The molecule has 1 fully saturated rings. The Labute approximate surface area is 132 Å². The van der Waals surface area contributed by atoms with Crippen LogP contribution < -0.4 is 4.74 Å². The van der Waals surface area contributed by atoms with Crippen LogP contribution in [0.2, 0.25) is 0 Å². The molecule has 0 radical (unpaired) electrons. The molecule has 1 amide bonds. The third-order valence-corrected chi connectivity index (χ3v) is 4.12. The Morgan fingerprint density at radius 3 is 2.77 bits per heavy atom. The summed E-state index contributed by atoms with van der Waals surface area (Å²) in [6.45, 7) is 4.25. The summed E-state index contributed by atoms with van der Waals surface area (Å²) in [7, 11) is 0. The van der Waals surface area contributed by atoms with Gasteiger partial charge in [0.1, 0.15) is 11.7 Å². The van der Waals surface area contributed by atoms with Crippen LogP contribution in [0.15, 0.2) is 24.3 Å². The molecule has 118 valence electrons. The van der Waals surface area contributed by atoms with E-state index in [1.165, 1.54) is 5.56 Å². The SMILES string of the molecule is CCc1ccccc1OCCCC(C#N)C(=O)N1CCCC1. The van der Waals surface area contributed by atoms with Crippen molar-refractivity contribution in [2.45, 2.75) is 39.0 Å². The van der Waals surface area contributed by atoms with Crippen LogP contribution >= 0.6 is 0 Å². The van der Waals surface area contributed by atoms with E-state index in [1.807, 2.05) is 23.1 Å². The Morgan fingerprint density at radius 1 is 1.36 bits per heavy atom. The van der Waals surface area contributed by atoms with Crippen LogP contribution in [0.4, 0.5) is 0 Å². The van der Waals surface area contributed by atoms with Crippen LogP contribution in [0.1, 0.15) is 38.2 Å².